The lowest BCUT2D eigenvalue weighted by atomic mass is 10.0. The molecule has 0 amide bonds. The number of hydrogen-bond acceptors (Lipinski definition) is 4. The molecule has 1 fully saturated rings. The van der Waals surface area contributed by atoms with Crippen LogP contribution in [0.15, 0.2) is 0 Å². The van der Waals surface area contributed by atoms with E-state index in [1.807, 2.05) is 11.8 Å². The topological polar surface area (TPSA) is 55.5 Å². The van der Waals surface area contributed by atoms with Crippen LogP contribution in [0.1, 0.15) is 19.8 Å². The zero-order valence-corrected chi connectivity index (χ0v) is 8.98. The molecular formula is C9H19NO2S. The van der Waals surface area contributed by atoms with Crippen LogP contribution in [-0.4, -0.2) is 41.5 Å². The number of hydrogen-bond donors (Lipinski definition) is 2. The van der Waals surface area contributed by atoms with Gasteiger partial charge in [-0.3, -0.25) is 0 Å². The van der Waals surface area contributed by atoms with E-state index in [-0.39, 0.29) is 12.2 Å². The molecule has 0 bridgehead atoms. The van der Waals surface area contributed by atoms with Gasteiger partial charge in [0.05, 0.1) is 5.60 Å². The summed E-state index contributed by atoms with van der Waals surface area (Å²) in [4.78, 5) is 0. The number of thioether (sulfide) groups is 1. The highest BCUT2D eigenvalue weighted by Crippen LogP contribution is 2.36. The summed E-state index contributed by atoms with van der Waals surface area (Å²) in [6.07, 6.45) is 1.75. The fourth-order valence-corrected chi connectivity index (χ4v) is 2.92. The second kappa shape index (κ2) is 5.20. The number of rotatable bonds is 5. The van der Waals surface area contributed by atoms with E-state index in [4.69, 9.17) is 15.6 Å². The van der Waals surface area contributed by atoms with Crippen LogP contribution in [0.5, 0.6) is 0 Å². The molecule has 0 radical (unpaired) electrons. The Balaban J connectivity index is 2.32. The first kappa shape index (κ1) is 11.3. The SMILES string of the molecule is CC1CC(CN)(OCCCO)CS1. The monoisotopic (exact) mass is 205 g/mol. The van der Waals surface area contributed by atoms with Crippen LogP contribution in [0.4, 0.5) is 0 Å². The molecule has 78 valence electrons. The molecule has 0 aromatic carbocycles. The zero-order chi connectivity index (χ0) is 9.73. The fraction of sp³-hybridized carbons (Fsp3) is 1.00. The van der Waals surface area contributed by atoms with Crippen molar-refractivity contribution >= 4 is 11.8 Å². The molecule has 0 aromatic rings. The van der Waals surface area contributed by atoms with E-state index in [9.17, 15) is 0 Å². The predicted octanol–water partition coefficient (Wildman–Crippen LogP) is 0.608. The summed E-state index contributed by atoms with van der Waals surface area (Å²) in [5.74, 6) is 0.996. The number of aliphatic hydroxyl groups is 1. The molecule has 4 heteroatoms. The van der Waals surface area contributed by atoms with Gasteiger partial charge in [0.2, 0.25) is 0 Å². The lowest BCUT2D eigenvalue weighted by molar-refractivity contribution is -0.0263. The highest BCUT2D eigenvalue weighted by molar-refractivity contribution is 8.00. The van der Waals surface area contributed by atoms with E-state index in [1.54, 1.807) is 0 Å². The Labute approximate surface area is 84.0 Å². The highest BCUT2D eigenvalue weighted by Gasteiger charge is 2.37. The van der Waals surface area contributed by atoms with Crippen molar-refractivity contribution < 1.29 is 9.84 Å². The van der Waals surface area contributed by atoms with E-state index in [0.29, 0.717) is 24.8 Å². The molecule has 1 rings (SSSR count). The maximum atomic E-state index is 8.63. The summed E-state index contributed by atoms with van der Waals surface area (Å²) in [5, 5.41) is 9.28. The third-order valence-electron chi connectivity index (χ3n) is 2.37. The second-order valence-electron chi connectivity index (χ2n) is 3.64. The molecule has 1 aliphatic rings. The quantitative estimate of drug-likeness (QED) is 0.646. The van der Waals surface area contributed by atoms with Gasteiger partial charge in [-0.15, -0.1) is 0 Å². The molecule has 2 atom stereocenters. The summed E-state index contributed by atoms with van der Waals surface area (Å²) >= 11 is 1.92. The van der Waals surface area contributed by atoms with Crippen molar-refractivity contribution in [2.24, 2.45) is 5.73 Å². The Hall–Kier alpha value is 0.230. The second-order valence-corrected chi connectivity index (χ2v) is 5.07. The Morgan fingerprint density at radius 2 is 2.46 bits per heavy atom. The van der Waals surface area contributed by atoms with Gasteiger partial charge < -0.3 is 15.6 Å². The van der Waals surface area contributed by atoms with Crippen molar-refractivity contribution in [3.63, 3.8) is 0 Å². The molecule has 0 aromatic heterocycles. The van der Waals surface area contributed by atoms with Gasteiger partial charge in [-0.25, -0.2) is 0 Å². The normalized spacial score (nSPS) is 33.9. The minimum absolute atomic E-state index is 0.112. The molecule has 2 unspecified atom stereocenters. The molecule has 1 heterocycles. The summed E-state index contributed by atoms with van der Waals surface area (Å²) < 4.78 is 5.74. The zero-order valence-electron chi connectivity index (χ0n) is 8.16. The largest absolute Gasteiger partial charge is 0.396 e. The van der Waals surface area contributed by atoms with Gasteiger partial charge in [-0.2, -0.15) is 11.8 Å². The van der Waals surface area contributed by atoms with Gasteiger partial charge in [-0.05, 0) is 12.8 Å². The maximum Gasteiger partial charge on any atom is 0.0904 e. The highest BCUT2D eigenvalue weighted by atomic mass is 32.2. The Bertz CT molecular complexity index is 157. The summed E-state index contributed by atoms with van der Waals surface area (Å²) in [7, 11) is 0. The average molecular weight is 205 g/mol. The maximum absolute atomic E-state index is 8.63. The van der Waals surface area contributed by atoms with Gasteiger partial charge in [0.25, 0.3) is 0 Å². The van der Waals surface area contributed by atoms with Crippen LogP contribution >= 0.6 is 11.8 Å². The molecular weight excluding hydrogens is 186 g/mol. The number of aliphatic hydroxyl groups excluding tert-OH is 1. The number of nitrogens with two attached hydrogens (primary N) is 1. The van der Waals surface area contributed by atoms with Crippen molar-refractivity contribution in [1.29, 1.82) is 0 Å². The molecule has 13 heavy (non-hydrogen) atoms. The van der Waals surface area contributed by atoms with E-state index in [2.05, 4.69) is 6.92 Å². The molecule has 3 N–H and O–H groups in total. The van der Waals surface area contributed by atoms with Crippen LogP contribution in [-0.2, 0) is 4.74 Å². The Kier molecular flexibility index (Phi) is 4.52. The van der Waals surface area contributed by atoms with Gasteiger partial charge >= 0.3 is 0 Å². The van der Waals surface area contributed by atoms with E-state index >= 15 is 0 Å². The fourth-order valence-electron chi connectivity index (χ4n) is 1.59. The third kappa shape index (κ3) is 3.13. The molecule has 0 spiro atoms. The third-order valence-corrected chi connectivity index (χ3v) is 3.80. The van der Waals surface area contributed by atoms with Gasteiger partial charge in [0.15, 0.2) is 0 Å². The first-order valence-electron chi connectivity index (χ1n) is 4.79. The Morgan fingerprint density at radius 3 is 2.92 bits per heavy atom. The van der Waals surface area contributed by atoms with Crippen LogP contribution in [0.3, 0.4) is 0 Å². The van der Waals surface area contributed by atoms with Crippen LogP contribution in [0.2, 0.25) is 0 Å². The number of ether oxygens (including phenoxy) is 1. The summed E-state index contributed by atoms with van der Waals surface area (Å²) in [5.41, 5.74) is 5.60. The summed E-state index contributed by atoms with van der Waals surface area (Å²) in [6.45, 7) is 3.62. The van der Waals surface area contributed by atoms with Crippen LogP contribution in [0.25, 0.3) is 0 Å². The molecule has 1 saturated heterocycles. The molecule has 3 nitrogen and oxygen atoms in total. The Morgan fingerprint density at radius 1 is 1.69 bits per heavy atom. The first-order valence-corrected chi connectivity index (χ1v) is 5.84. The van der Waals surface area contributed by atoms with E-state index in [0.717, 1.165) is 12.2 Å². The van der Waals surface area contributed by atoms with Crippen molar-refractivity contribution in [2.75, 3.05) is 25.5 Å². The minimum atomic E-state index is -0.112. The van der Waals surface area contributed by atoms with Crippen LogP contribution in [0, 0.1) is 0 Å². The average Bonchev–Trinajstić information content (AvgIpc) is 2.49. The molecule has 0 aliphatic carbocycles. The first-order chi connectivity index (χ1) is 6.22. The van der Waals surface area contributed by atoms with Crippen molar-refractivity contribution in [2.45, 2.75) is 30.6 Å². The van der Waals surface area contributed by atoms with Crippen molar-refractivity contribution in [3.8, 4) is 0 Å². The lowest BCUT2D eigenvalue weighted by Gasteiger charge is -2.27. The van der Waals surface area contributed by atoms with E-state index in [1.165, 1.54) is 0 Å². The smallest absolute Gasteiger partial charge is 0.0904 e. The minimum Gasteiger partial charge on any atom is -0.396 e. The lowest BCUT2D eigenvalue weighted by Crippen LogP contribution is -2.41. The predicted molar refractivity (Wildman–Crippen MR) is 56.0 cm³/mol. The van der Waals surface area contributed by atoms with Gasteiger partial charge in [0.1, 0.15) is 0 Å². The van der Waals surface area contributed by atoms with Gasteiger partial charge in [-0.1, -0.05) is 6.92 Å². The standard InChI is InChI=1S/C9H19NO2S/c1-8-5-9(6-10,7-13-8)12-4-2-3-11/h8,11H,2-7,10H2,1H3. The van der Waals surface area contributed by atoms with Crippen molar-refractivity contribution in [1.82, 2.24) is 0 Å². The van der Waals surface area contributed by atoms with E-state index < -0.39 is 0 Å². The van der Waals surface area contributed by atoms with Crippen LogP contribution < -0.4 is 5.73 Å². The van der Waals surface area contributed by atoms with Crippen molar-refractivity contribution in [3.05, 3.63) is 0 Å². The van der Waals surface area contributed by atoms with Gasteiger partial charge in [0, 0.05) is 30.8 Å². The summed E-state index contributed by atoms with van der Waals surface area (Å²) in [6, 6.07) is 0. The molecule has 0 saturated carbocycles. The molecule has 1 aliphatic heterocycles.